The first kappa shape index (κ1) is 13.5. The molecule has 1 aliphatic heterocycles. The van der Waals surface area contributed by atoms with Gasteiger partial charge in [-0.2, -0.15) is 0 Å². The second kappa shape index (κ2) is 7.63. The summed E-state index contributed by atoms with van der Waals surface area (Å²) in [4.78, 5) is 11.6. The third kappa shape index (κ3) is 5.47. The molecule has 0 radical (unpaired) electrons. The zero-order valence-corrected chi connectivity index (χ0v) is 10.4. The van der Waals surface area contributed by atoms with Crippen LogP contribution < -0.4 is 10.6 Å². The van der Waals surface area contributed by atoms with Crippen LogP contribution in [0.2, 0.25) is 0 Å². The molecule has 4 heteroatoms. The molecule has 1 aliphatic rings. The fourth-order valence-electron chi connectivity index (χ4n) is 1.78. The van der Waals surface area contributed by atoms with Crippen molar-refractivity contribution in [3.8, 4) is 0 Å². The molecule has 1 unspecified atom stereocenters. The maximum Gasteiger partial charge on any atom is 0.224 e. The average Bonchev–Trinajstić information content (AvgIpc) is 2.75. The smallest absolute Gasteiger partial charge is 0.224 e. The number of hydrogen-bond acceptors (Lipinski definition) is 3. The van der Waals surface area contributed by atoms with Crippen LogP contribution in [-0.2, 0) is 9.53 Å². The van der Waals surface area contributed by atoms with Crippen molar-refractivity contribution in [3.63, 3.8) is 0 Å². The Kier molecular flexibility index (Phi) is 6.42. The van der Waals surface area contributed by atoms with Gasteiger partial charge in [0.05, 0.1) is 12.0 Å². The van der Waals surface area contributed by atoms with Crippen LogP contribution in [0.25, 0.3) is 0 Å². The van der Waals surface area contributed by atoms with E-state index in [4.69, 9.17) is 4.74 Å². The minimum atomic E-state index is 0.187. The van der Waals surface area contributed by atoms with E-state index in [0.717, 1.165) is 45.5 Å². The van der Waals surface area contributed by atoms with Crippen LogP contribution in [0.4, 0.5) is 0 Å². The number of amides is 1. The van der Waals surface area contributed by atoms with Gasteiger partial charge < -0.3 is 15.4 Å². The number of ether oxygens (including phenoxy) is 1. The van der Waals surface area contributed by atoms with E-state index in [-0.39, 0.29) is 11.8 Å². The lowest BCUT2D eigenvalue weighted by atomic mass is 10.1. The highest BCUT2D eigenvalue weighted by molar-refractivity contribution is 5.79. The first-order chi connectivity index (χ1) is 7.70. The van der Waals surface area contributed by atoms with Crippen molar-refractivity contribution >= 4 is 5.91 Å². The summed E-state index contributed by atoms with van der Waals surface area (Å²) < 4.78 is 5.43. The molecule has 0 aliphatic carbocycles. The molecule has 0 aromatic heterocycles. The largest absolute Gasteiger partial charge is 0.379 e. The van der Waals surface area contributed by atoms with Gasteiger partial charge in [-0.25, -0.2) is 0 Å². The highest BCUT2D eigenvalue weighted by atomic mass is 16.5. The van der Waals surface area contributed by atoms with Gasteiger partial charge in [0, 0.05) is 19.7 Å². The minimum absolute atomic E-state index is 0.187. The van der Waals surface area contributed by atoms with E-state index in [9.17, 15) is 4.79 Å². The molecule has 1 fully saturated rings. The number of nitrogens with one attached hydrogen (secondary N) is 2. The normalized spacial score (nSPS) is 20.3. The highest BCUT2D eigenvalue weighted by Crippen LogP contribution is 2.06. The molecular weight excluding hydrogens is 204 g/mol. The molecule has 4 nitrogen and oxygen atoms in total. The van der Waals surface area contributed by atoms with Crippen LogP contribution in [0.15, 0.2) is 0 Å². The Labute approximate surface area is 98.1 Å². The number of rotatable bonds is 7. The Bertz CT molecular complexity index is 201. The van der Waals surface area contributed by atoms with Gasteiger partial charge in [0.25, 0.3) is 0 Å². The van der Waals surface area contributed by atoms with Gasteiger partial charge in [-0.3, -0.25) is 4.79 Å². The van der Waals surface area contributed by atoms with E-state index >= 15 is 0 Å². The lowest BCUT2D eigenvalue weighted by molar-refractivity contribution is -0.124. The second-order valence-electron chi connectivity index (χ2n) is 4.61. The van der Waals surface area contributed by atoms with Crippen LogP contribution in [-0.4, -0.2) is 38.3 Å². The number of hydrogen-bond donors (Lipinski definition) is 2. The molecule has 94 valence electrons. The van der Waals surface area contributed by atoms with Gasteiger partial charge >= 0.3 is 0 Å². The molecular formula is C12H24N2O2. The predicted octanol–water partition coefficient (Wildman–Crippen LogP) is 0.917. The molecule has 2 N–H and O–H groups in total. The molecule has 0 saturated carbocycles. The van der Waals surface area contributed by atoms with Crippen LogP contribution in [0.1, 0.15) is 33.1 Å². The molecule has 0 aromatic carbocycles. The van der Waals surface area contributed by atoms with Crippen molar-refractivity contribution in [2.45, 2.75) is 39.2 Å². The average molecular weight is 228 g/mol. The van der Waals surface area contributed by atoms with Crippen molar-refractivity contribution in [1.82, 2.24) is 10.6 Å². The van der Waals surface area contributed by atoms with Crippen LogP contribution in [0.5, 0.6) is 0 Å². The van der Waals surface area contributed by atoms with E-state index in [2.05, 4.69) is 10.6 Å². The predicted molar refractivity (Wildman–Crippen MR) is 64.3 cm³/mol. The molecule has 1 heterocycles. The molecule has 1 amide bonds. The van der Waals surface area contributed by atoms with E-state index in [1.807, 2.05) is 13.8 Å². The summed E-state index contributed by atoms with van der Waals surface area (Å²) in [6.45, 7) is 7.45. The van der Waals surface area contributed by atoms with Gasteiger partial charge in [-0.05, 0) is 39.7 Å². The van der Waals surface area contributed by atoms with E-state index in [1.165, 1.54) is 0 Å². The Hall–Kier alpha value is -0.610. The maximum atomic E-state index is 11.6. The Morgan fingerprint density at radius 1 is 1.50 bits per heavy atom. The van der Waals surface area contributed by atoms with Crippen molar-refractivity contribution in [3.05, 3.63) is 0 Å². The monoisotopic (exact) mass is 228 g/mol. The lowest BCUT2D eigenvalue weighted by Gasteiger charge is -2.10. The Morgan fingerprint density at radius 3 is 2.94 bits per heavy atom. The molecule has 0 bridgehead atoms. The lowest BCUT2D eigenvalue weighted by Crippen LogP contribution is -2.32. The van der Waals surface area contributed by atoms with Crippen molar-refractivity contribution < 1.29 is 9.53 Å². The molecule has 1 atom stereocenters. The summed E-state index contributed by atoms with van der Waals surface area (Å²) in [5.41, 5.74) is 0. The minimum Gasteiger partial charge on any atom is -0.379 e. The number of unbranched alkanes of at least 4 members (excludes halogenated alkanes) is 1. The first-order valence-electron chi connectivity index (χ1n) is 6.30. The zero-order chi connectivity index (χ0) is 11.8. The molecule has 0 aromatic rings. The van der Waals surface area contributed by atoms with Crippen molar-refractivity contribution in [2.75, 3.05) is 26.2 Å². The van der Waals surface area contributed by atoms with Gasteiger partial charge in [0.15, 0.2) is 0 Å². The molecule has 1 rings (SSSR count). The molecule has 0 spiro atoms. The third-order valence-electron chi connectivity index (χ3n) is 2.75. The van der Waals surface area contributed by atoms with Crippen LogP contribution in [0.3, 0.4) is 0 Å². The highest BCUT2D eigenvalue weighted by Gasteiger charge is 2.21. The third-order valence-corrected chi connectivity index (χ3v) is 2.75. The summed E-state index contributed by atoms with van der Waals surface area (Å²) >= 11 is 0. The van der Waals surface area contributed by atoms with E-state index in [1.54, 1.807) is 0 Å². The van der Waals surface area contributed by atoms with Crippen LogP contribution in [0, 0.1) is 5.92 Å². The zero-order valence-electron chi connectivity index (χ0n) is 10.4. The fraction of sp³-hybridized carbons (Fsp3) is 0.917. The number of carbonyl (C=O) groups is 1. The Morgan fingerprint density at radius 2 is 2.31 bits per heavy atom. The van der Waals surface area contributed by atoms with Crippen molar-refractivity contribution in [1.29, 1.82) is 0 Å². The number of carbonyl (C=O) groups excluding carboxylic acids is 1. The quantitative estimate of drug-likeness (QED) is 0.637. The van der Waals surface area contributed by atoms with Gasteiger partial charge in [0.1, 0.15) is 0 Å². The Balaban J connectivity index is 1.92. The van der Waals surface area contributed by atoms with E-state index < -0.39 is 0 Å². The summed E-state index contributed by atoms with van der Waals surface area (Å²) in [7, 11) is 0. The van der Waals surface area contributed by atoms with Gasteiger partial charge in [-0.1, -0.05) is 0 Å². The molecule has 16 heavy (non-hydrogen) atoms. The summed E-state index contributed by atoms with van der Waals surface area (Å²) in [6, 6.07) is 0. The first-order valence-corrected chi connectivity index (χ1v) is 6.30. The SMILES string of the molecule is CC(C)OCCCCNC(=O)C1CCNC1. The van der Waals surface area contributed by atoms with Crippen molar-refractivity contribution in [2.24, 2.45) is 5.92 Å². The van der Waals surface area contributed by atoms with E-state index in [0.29, 0.717) is 6.10 Å². The standard InChI is InChI=1S/C12H24N2O2/c1-10(2)16-8-4-3-6-14-12(15)11-5-7-13-9-11/h10-11,13H,3-9H2,1-2H3,(H,14,15). The van der Waals surface area contributed by atoms with Gasteiger partial charge in [-0.15, -0.1) is 0 Å². The van der Waals surface area contributed by atoms with Gasteiger partial charge in [0.2, 0.25) is 5.91 Å². The maximum absolute atomic E-state index is 11.6. The second-order valence-corrected chi connectivity index (χ2v) is 4.61. The molecule has 1 saturated heterocycles. The summed E-state index contributed by atoms with van der Waals surface area (Å²) in [6.07, 6.45) is 3.29. The topological polar surface area (TPSA) is 50.4 Å². The fourth-order valence-corrected chi connectivity index (χ4v) is 1.78. The van der Waals surface area contributed by atoms with Crippen LogP contribution >= 0.6 is 0 Å². The summed E-state index contributed by atoms with van der Waals surface area (Å²) in [5.74, 6) is 0.390. The summed E-state index contributed by atoms with van der Waals surface area (Å²) in [5, 5.41) is 6.17.